The summed E-state index contributed by atoms with van der Waals surface area (Å²) in [6.45, 7) is 3.85. The summed E-state index contributed by atoms with van der Waals surface area (Å²) in [5.74, 6) is -0.0556. The van der Waals surface area contributed by atoms with Gasteiger partial charge in [-0.1, -0.05) is 109 Å². The van der Waals surface area contributed by atoms with Gasteiger partial charge in [0.1, 0.15) is 0 Å². The van der Waals surface area contributed by atoms with Gasteiger partial charge in [-0.2, -0.15) is 0 Å². The van der Waals surface area contributed by atoms with Crippen LogP contribution in [0.5, 0.6) is 0 Å². The summed E-state index contributed by atoms with van der Waals surface area (Å²) >= 11 is 1.53. The van der Waals surface area contributed by atoms with Gasteiger partial charge >= 0.3 is 0 Å². The Morgan fingerprint density at radius 3 is 2.00 bits per heavy atom. The molecule has 0 spiro atoms. The molecule has 0 saturated heterocycles. The van der Waals surface area contributed by atoms with Crippen LogP contribution in [-0.2, 0) is 24.3 Å². The second-order valence-electron chi connectivity index (χ2n) is 8.88. The van der Waals surface area contributed by atoms with Gasteiger partial charge in [0.05, 0.1) is 16.8 Å². The van der Waals surface area contributed by atoms with E-state index in [0.717, 1.165) is 16.6 Å². The normalized spacial score (nSPS) is 11.2. The Morgan fingerprint density at radius 1 is 0.833 bits per heavy atom. The molecule has 1 amide bonds. The van der Waals surface area contributed by atoms with Gasteiger partial charge in [-0.05, 0) is 46.4 Å². The Balaban J connectivity index is 1.34. The standard InChI is InChI=1S/C31H29N3OS/c1-2-25-18-29-28(19-27(25)26-16-10-5-11-17-26)32-31(36-29)33-30(35)22-34(20-23-12-6-3-7-13-23)21-24-14-8-4-9-15-24/h3-19H,2,20-22H2,1H3,(H,32,33,35). The second-order valence-corrected chi connectivity index (χ2v) is 9.91. The van der Waals surface area contributed by atoms with Crippen molar-refractivity contribution in [3.8, 4) is 11.1 Å². The van der Waals surface area contributed by atoms with Gasteiger partial charge in [0, 0.05) is 13.1 Å². The molecule has 1 heterocycles. The highest BCUT2D eigenvalue weighted by Crippen LogP contribution is 2.33. The SMILES string of the molecule is CCc1cc2sc(NC(=O)CN(Cc3ccccc3)Cc3ccccc3)nc2cc1-c1ccccc1. The van der Waals surface area contributed by atoms with Crippen LogP contribution in [0.15, 0.2) is 103 Å². The summed E-state index contributed by atoms with van der Waals surface area (Å²) in [5.41, 5.74) is 6.95. The summed E-state index contributed by atoms with van der Waals surface area (Å²) in [7, 11) is 0. The number of thiazole rings is 1. The van der Waals surface area contributed by atoms with Crippen molar-refractivity contribution in [2.75, 3.05) is 11.9 Å². The van der Waals surface area contributed by atoms with Gasteiger partial charge < -0.3 is 5.32 Å². The van der Waals surface area contributed by atoms with Gasteiger partial charge in [-0.3, -0.25) is 9.69 Å². The molecule has 0 bridgehead atoms. The van der Waals surface area contributed by atoms with Crippen molar-refractivity contribution in [3.05, 3.63) is 120 Å². The third kappa shape index (κ3) is 5.88. The number of benzene rings is 4. The fourth-order valence-electron chi connectivity index (χ4n) is 4.46. The van der Waals surface area contributed by atoms with E-state index in [2.05, 4.69) is 77.8 Å². The summed E-state index contributed by atoms with van der Waals surface area (Å²) in [5, 5.41) is 3.70. The van der Waals surface area contributed by atoms with Crippen molar-refractivity contribution in [1.29, 1.82) is 0 Å². The highest BCUT2D eigenvalue weighted by atomic mass is 32.1. The number of rotatable bonds is 9. The first-order chi connectivity index (χ1) is 17.7. The zero-order valence-corrected chi connectivity index (χ0v) is 21.2. The van der Waals surface area contributed by atoms with Crippen LogP contribution < -0.4 is 5.32 Å². The lowest BCUT2D eigenvalue weighted by molar-refractivity contribution is -0.117. The smallest absolute Gasteiger partial charge is 0.240 e. The molecule has 0 radical (unpaired) electrons. The molecular formula is C31H29N3OS. The van der Waals surface area contributed by atoms with E-state index >= 15 is 0 Å². The number of amides is 1. The monoisotopic (exact) mass is 491 g/mol. The van der Waals surface area contributed by atoms with E-state index in [1.54, 1.807) is 0 Å². The molecule has 0 aliphatic heterocycles. The van der Waals surface area contributed by atoms with Crippen LogP contribution in [0.25, 0.3) is 21.3 Å². The summed E-state index contributed by atoms with van der Waals surface area (Å²) in [4.78, 5) is 20.0. The second kappa shape index (κ2) is 11.3. The molecule has 4 aromatic carbocycles. The molecule has 0 atom stereocenters. The Kier molecular flexibility index (Phi) is 7.50. The van der Waals surface area contributed by atoms with Crippen LogP contribution in [-0.4, -0.2) is 22.3 Å². The molecule has 0 aliphatic carbocycles. The number of fused-ring (bicyclic) bond motifs is 1. The summed E-state index contributed by atoms with van der Waals surface area (Å²) in [6.07, 6.45) is 0.938. The quantitative estimate of drug-likeness (QED) is 0.238. The van der Waals surface area contributed by atoms with Crippen LogP contribution in [0.4, 0.5) is 5.13 Å². The molecule has 36 heavy (non-hydrogen) atoms. The molecule has 4 nitrogen and oxygen atoms in total. The van der Waals surface area contributed by atoms with Crippen LogP contribution in [0.3, 0.4) is 0 Å². The van der Waals surface area contributed by atoms with Crippen molar-refractivity contribution in [2.45, 2.75) is 26.4 Å². The highest BCUT2D eigenvalue weighted by Gasteiger charge is 2.15. The maximum absolute atomic E-state index is 13.1. The maximum Gasteiger partial charge on any atom is 0.240 e. The number of carbonyl (C=O) groups excluding carboxylic acids is 1. The van der Waals surface area contributed by atoms with E-state index in [-0.39, 0.29) is 12.5 Å². The number of aryl methyl sites for hydroxylation is 1. The van der Waals surface area contributed by atoms with E-state index in [4.69, 9.17) is 4.98 Å². The number of anilines is 1. The fourth-order valence-corrected chi connectivity index (χ4v) is 5.39. The molecule has 1 aromatic heterocycles. The fraction of sp³-hybridized carbons (Fsp3) is 0.161. The van der Waals surface area contributed by atoms with Crippen LogP contribution in [0.1, 0.15) is 23.6 Å². The molecule has 0 unspecified atom stereocenters. The summed E-state index contributed by atoms with van der Waals surface area (Å²) < 4.78 is 1.09. The lowest BCUT2D eigenvalue weighted by Gasteiger charge is -2.22. The van der Waals surface area contributed by atoms with Gasteiger partial charge in [0.15, 0.2) is 5.13 Å². The molecule has 0 saturated carbocycles. The molecule has 0 fully saturated rings. The number of hydrogen-bond donors (Lipinski definition) is 1. The Labute approximate surface area is 216 Å². The Morgan fingerprint density at radius 2 is 1.42 bits per heavy atom. The number of nitrogens with one attached hydrogen (secondary N) is 1. The van der Waals surface area contributed by atoms with Crippen LogP contribution in [0, 0.1) is 0 Å². The molecule has 5 rings (SSSR count). The van der Waals surface area contributed by atoms with Gasteiger partial charge in [-0.25, -0.2) is 4.98 Å². The van der Waals surface area contributed by atoms with Crippen LogP contribution in [0.2, 0.25) is 0 Å². The number of nitrogens with zero attached hydrogens (tertiary/aromatic N) is 2. The van der Waals surface area contributed by atoms with Crippen LogP contribution >= 0.6 is 11.3 Å². The maximum atomic E-state index is 13.1. The Bertz CT molecular complexity index is 1390. The largest absolute Gasteiger partial charge is 0.301 e. The zero-order chi connectivity index (χ0) is 24.7. The topological polar surface area (TPSA) is 45.2 Å². The molecule has 5 aromatic rings. The van der Waals surface area contributed by atoms with Crippen molar-refractivity contribution in [2.24, 2.45) is 0 Å². The van der Waals surface area contributed by atoms with Crippen molar-refractivity contribution in [1.82, 2.24) is 9.88 Å². The summed E-state index contributed by atoms with van der Waals surface area (Å²) in [6, 6.07) is 35.3. The minimum absolute atomic E-state index is 0.0556. The van der Waals surface area contributed by atoms with E-state index in [1.165, 1.54) is 39.2 Å². The molecule has 0 aliphatic rings. The first kappa shape index (κ1) is 23.9. The van der Waals surface area contributed by atoms with Crippen molar-refractivity contribution >= 4 is 32.6 Å². The van der Waals surface area contributed by atoms with E-state index in [9.17, 15) is 4.79 Å². The minimum Gasteiger partial charge on any atom is -0.301 e. The lowest BCUT2D eigenvalue weighted by Crippen LogP contribution is -2.32. The molecular weight excluding hydrogens is 462 g/mol. The van der Waals surface area contributed by atoms with E-state index in [1.807, 2.05) is 42.5 Å². The van der Waals surface area contributed by atoms with Crippen molar-refractivity contribution < 1.29 is 4.79 Å². The number of carbonyl (C=O) groups is 1. The van der Waals surface area contributed by atoms with Crippen molar-refractivity contribution in [3.63, 3.8) is 0 Å². The van der Waals surface area contributed by atoms with E-state index < -0.39 is 0 Å². The number of hydrogen-bond acceptors (Lipinski definition) is 4. The average Bonchev–Trinajstić information content (AvgIpc) is 3.30. The van der Waals surface area contributed by atoms with Gasteiger partial charge in [0.25, 0.3) is 0 Å². The highest BCUT2D eigenvalue weighted by molar-refractivity contribution is 7.22. The Hall–Kier alpha value is -3.80. The third-order valence-corrected chi connectivity index (χ3v) is 7.12. The molecule has 1 N–H and O–H groups in total. The van der Waals surface area contributed by atoms with Gasteiger partial charge in [0.2, 0.25) is 5.91 Å². The zero-order valence-electron chi connectivity index (χ0n) is 20.4. The van der Waals surface area contributed by atoms with E-state index in [0.29, 0.717) is 18.2 Å². The number of aromatic nitrogens is 1. The first-order valence-corrected chi connectivity index (χ1v) is 13.1. The average molecular weight is 492 g/mol. The predicted molar refractivity (Wildman–Crippen MR) is 150 cm³/mol. The first-order valence-electron chi connectivity index (χ1n) is 12.3. The van der Waals surface area contributed by atoms with Gasteiger partial charge in [-0.15, -0.1) is 0 Å². The molecule has 5 heteroatoms. The third-order valence-electron chi connectivity index (χ3n) is 6.19. The lowest BCUT2D eigenvalue weighted by atomic mass is 9.98. The minimum atomic E-state index is -0.0556. The molecule has 180 valence electrons. The predicted octanol–water partition coefficient (Wildman–Crippen LogP) is 7.17.